The lowest BCUT2D eigenvalue weighted by atomic mass is 10.5. The minimum absolute atomic E-state index is 0.668. The van der Waals surface area contributed by atoms with Crippen LogP contribution in [-0.2, 0) is 14.3 Å². The molecule has 0 aliphatic carbocycles. The van der Waals surface area contributed by atoms with Gasteiger partial charge in [0.1, 0.15) is 12.7 Å². The Morgan fingerprint density at radius 2 is 2.11 bits per heavy atom. The fourth-order valence-corrected chi connectivity index (χ4v) is 0.902. The minimum atomic E-state index is -3.43. The van der Waals surface area contributed by atoms with Crippen LogP contribution in [-0.4, -0.2) is 25.9 Å². The molecular weight excluding hydrogens is 144 g/mol. The molecule has 0 aromatic rings. The molecule has 0 amide bonds. The highest BCUT2D eigenvalue weighted by Gasteiger charge is 2.07. The van der Waals surface area contributed by atoms with Crippen molar-refractivity contribution in [2.24, 2.45) is 0 Å². The van der Waals surface area contributed by atoms with Gasteiger partial charge in [0.15, 0.2) is 0 Å². The van der Waals surface area contributed by atoms with Crippen LogP contribution in [0.25, 0.3) is 0 Å². The summed E-state index contributed by atoms with van der Waals surface area (Å²) in [5.41, 5.74) is 0. The Morgan fingerprint density at radius 3 is 2.22 bits per heavy atom. The van der Waals surface area contributed by atoms with Crippen LogP contribution in [0.5, 0.6) is 0 Å². The normalized spacial score (nSPS) is 15.4. The van der Waals surface area contributed by atoms with Gasteiger partial charge in [-0.15, -0.1) is 0 Å². The lowest BCUT2D eigenvalue weighted by molar-refractivity contribution is 0.190. The van der Waals surface area contributed by atoms with Crippen molar-refractivity contribution in [2.75, 3.05) is 6.26 Å². The van der Waals surface area contributed by atoms with Crippen LogP contribution in [0, 0.1) is 6.61 Å². The van der Waals surface area contributed by atoms with Gasteiger partial charge in [-0.05, 0) is 6.92 Å². The number of hydrogen-bond acceptors (Lipinski definition) is 4. The molecule has 55 valence electrons. The van der Waals surface area contributed by atoms with Gasteiger partial charge in [0.25, 0.3) is 10.1 Å². The van der Waals surface area contributed by atoms with Crippen LogP contribution in [0.1, 0.15) is 6.92 Å². The molecule has 1 atom stereocenters. The van der Waals surface area contributed by atoms with E-state index in [1.54, 1.807) is 0 Å². The molecule has 0 saturated heterocycles. The molecule has 0 aliphatic heterocycles. The Kier molecular flexibility index (Phi) is 3.10. The first kappa shape index (κ1) is 8.87. The second-order valence-corrected chi connectivity index (χ2v) is 3.26. The van der Waals surface area contributed by atoms with Crippen molar-refractivity contribution < 1.29 is 17.7 Å². The fraction of sp³-hybridized carbons (Fsp3) is 0.750. The van der Waals surface area contributed by atoms with E-state index >= 15 is 0 Å². The maximum atomic E-state index is 10.2. The van der Waals surface area contributed by atoms with Gasteiger partial charge in [0.05, 0.1) is 6.26 Å². The number of rotatable bonds is 3. The first-order chi connectivity index (χ1) is 3.95. The third-order valence-electron chi connectivity index (χ3n) is 0.537. The maximum Gasteiger partial charge on any atom is 0.264 e. The molecule has 0 aromatic heterocycles. The van der Waals surface area contributed by atoms with Crippen LogP contribution in [0.2, 0.25) is 0 Å². The molecule has 0 aromatic carbocycles. The molecule has 0 saturated carbocycles. The van der Waals surface area contributed by atoms with Gasteiger partial charge in [-0.2, -0.15) is 8.42 Å². The van der Waals surface area contributed by atoms with E-state index in [9.17, 15) is 8.42 Å². The van der Waals surface area contributed by atoms with E-state index in [2.05, 4.69) is 4.18 Å². The average Bonchev–Trinajstić information content (AvgIpc) is 1.62. The van der Waals surface area contributed by atoms with E-state index in [-0.39, 0.29) is 0 Å². The Hall–Kier alpha value is -0.130. The number of aliphatic hydroxyl groups is 1. The summed E-state index contributed by atoms with van der Waals surface area (Å²) in [6.45, 7) is 2.09. The zero-order valence-corrected chi connectivity index (χ0v) is 6.05. The van der Waals surface area contributed by atoms with Crippen LogP contribution in [0.3, 0.4) is 0 Å². The Labute approximate surface area is 54.6 Å². The van der Waals surface area contributed by atoms with Crippen LogP contribution < -0.4 is 0 Å². The number of aliphatic hydroxyl groups excluding tert-OH is 1. The Balaban J connectivity index is 3.75. The Bertz CT molecular complexity index is 159. The van der Waals surface area contributed by atoms with Gasteiger partial charge < -0.3 is 5.11 Å². The van der Waals surface area contributed by atoms with Crippen molar-refractivity contribution in [3.8, 4) is 0 Å². The van der Waals surface area contributed by atoms with E-state index < -0.39 is 16.2 Å². The molecular formula is C4H9O4S. The summed E-state index contributed by atoms with van der Waals surface area (Å²) in [7, 11) is -3.43. The zero-order chi connectivity index (χ0) is 7.49. The lowest BCUT2D eigenvalue weighted by Crippen LogP contribution is -2.13. The highest BCUT2D eigenvalue weighted by Crippen LogP contribution is 1.96. The highest BCUT2D eigenvalue weighted by atomic mass is 32.2. The predicted molar refractivity (Wildman–Crippen MR) is 31.6 cm³/mol. The van der Waals surface area contributed by atoms with E-state index in [1.807, 2.05) is 0 Å². The van der Waals surface area contributed by atoms with Crippen molar-refractivity contribution in [2.45, 2.75) is 13.0 Å². The van der Waals surface area contributed by atoms with Crippen molar-refractivity contribution in [3.05, 3.63) is 6.61 Å². The minimum Gasteiger partial charge on any atom is -0.388 e. The summed E-state index contributed by atoms with van der Waals surface area (Å²) < 4.78 is 24.7. The molecule has 0 unspecified atom stereocenters. The summed E-state index contributed by atoms with van der Waals surface area (Å²) >= 11 is 0. The first-order valence-electron chi connectivity index (χ1n) is 2.31. The molecule has 0 rings (SSSR count). The van der Waals surface area contributed by atoms with Crippen LogP contribution in [0.4, 0.5) is 0 Å². The smallest absolute Gasteiger partial charge is 0.264 e. The summed E-state index contributed by atoms with van der Waals surface area (Å²) in [6.07, 6.45) is 0.160. The van der Waals surface area contributed by atoms with Crippen molar-refractivity contribution in [3.63, 3.8) is 0 Å². The summed E-state index contributed by atoms with van der Waals surface area (Å²) in [6, 6.07) is 0. The maximum absolute atomic E-state index is 10.2. The molecule has 0 spiro atoms. The molecule has 1 radical (unpaired) electrons. The quantitative estimate of drug-likeness (QED) is 0.574. The van der Waals surface area contributed by atoms with Gasteiger partial charge >= 0.3 is 0 Å². The van der Waals surface area contributed by atoms with Crippen LogP contribution >= 0.6 is 0 Å². The van der Waals surface area contributed by atoms with Gasteiger partial charge in [-0.1, -0.05) is 0 Å². The molecule has 1 N–H and O–H groups in total. The fourth-order valence-electron chi connectivity index (χ4n) is 0.301. The van der Waals surface area contributed by atoms with E-state index in [4.69, 9.17) is 5.11 Å². The summed E-state index contributed by atoms with van der Waals surface area (Å²) in [4.78, 5) is 0. The average molecular weight is 153 g/mol. The zero-order valence-electron chi connectivity index (χ0n) is 5.23. The predicted octanol–water partition coefficient (Wildman–Crippen LogP) is -0.115. The van der Waals surface area contributed by atoms with Crippen molar-refractivity contribution in [1.29, 1.82) is 0 Å². The second-order valence-electron chi connectivity index (χ2n) is 1.65. The molecule has 0 fully saturated rings. The van der Waals surface area contributed by atoms with E-state index in [1.165, 1.54) is 6.92 Å². The topological polar surface area (TPSA) is 63.6 Å². The highest BCUT2D eigenvalue weighted by molar-refractivity contribution is 7.86. The van der Waals surface area contributed by atoms with Crippen LogP contribution in [0.15, 0.2) is 0 Å². The molecule has 5 heteroatoms. The standard InChI is InChI=1S/C4H9O4S/c1-4(3-5)8-9(2,6)7/h3-5H,1-2H3/t4-/m1/s1. The third kappa shape index (κ3) is 5.75. The molecule has 4 nitrogen and oxygen atoms in total. The summed E-state index contributed by atoms with van der Waals surface area (Å²) in [5.74, 6) is 0. The van der Waals surface area contributed by atoms with Gasteiger partial charge in [-0.25, -0.2) is 0 Å². The van der Waals surface area contributed by atoms with Gasteiger partial charge in [0.2, 0.25) is 0 Å². The lowest BCUT2D eigenvalue weighted by Gasteiger charge is -2.04. The van der Waals surface area contributed by atoms with Gasteiger partial charge in [0, 0.05) is 0 Å². The molecule has 0 aliphatic rings. The number of hydrogen-bond donors (Lipinski definition) is 1. The third-order valence-corrected chi connectivity index (χ3v) is 1.19. The largest absolute Gasteiger partial charge is 0.388 e. The SMILES string of the molecule is C[C@H]([CH]O)OS(C)(=O)=O. The first-order valence-corrected chi connectivity index (χ1v) is 4.13. The second kappa shape index (κ2) is 3.14. The van der Waals surface area contributed by atoms with E-state index in [0.717, 1.165) is 6.26 Å². The molecule has 0 bridgehead atoms. The summed E-state index contributed by atoms with van der Waals surface area (Å²) in [5, 5.41) is 8.18. The van der Waals surface area contributed by atoms with Crippen molar-refractivity contribution in [1.82, 2.24) is 0 Å². The van der Waals surface area contributed by atoms with Crippen molar-refractivity contribution >= 4 is 10.1 Å². The molecule has 9 heavy (non-hydrogen) atoms. The van der Waals surface area contributed by atoms with E-state index in [0.29, 0.717) is 6.61 Å². The monoisotopic (exact) mass is 153 g/mol. The Morgan fingerprint density at radius 1 is 1.67 bits per heavy atom. The molecule has 0 heterocycles. The van der Waals surface area contributed by atoms with Gasteiger partial charge in [-0.3, -0.25) is 4.18 Å².